The second-order valence-corrected chi connectivity index (χ2v) is 7.92. The van der Waals surface area contributed by atoms with Crippen molar-refractivity contribution in [2.75, 3.05) is 41.8 Å². The molecule has 2 aromatic rings. The number of amides is 1. The summed E-state index contributed by atoms with van der Waals surface area (Å²) >= 11 is 0. The first-order valence-electron chi connectivity index (χ1n) is 10.5. The lowest BCUT2D eigenvalue weighted by Crippen LogP contribution is -2.34. The maximum atomic E-state index is 11.7. The van der Waals surface area contributed by atoms with Gasteiger partial charge in [0.1, 0.15) is 5.82 Å². The predicted molar refractivity (Wildman–Crippen MR) is 113 cm³/mol. The molecule has 0 bridgehead atoms. The van der Waals surface area contributed by atoms with E-state index >= 15 is 0 Å². The average molecular weight is 393 g/mol. The highest BCUT2D eigenvalue weighted by atomic mass is 16.2. The van der Waals surface area contributed by atoms with Gasteiger partial charge in [-0.1, -0.05) is 30.3 Å². The Bertz CT molecular complexity index is 888. The largest absolute Gasteiger partial charge is 0.354 e. The van der Waals surface area contributed by atoms with Crippen LogP contribution in [0.5, 0.6) is 0 Å². The number of likely N-dealkylation sites (tertiary alicyclic amines) is 1. The molecule has 0 spiro atoms. The lowest BCUT2D eigenvalue weighted by atomic mass is 10.0. The number of nitrogens with zero attached hydrogens (tertiary/aromatic N) is 4. The SMILES string of the molecule is O=C1CCCN1CCCNc1nc2c3c(n1)N(Cc1ccccc1)CCC3NN2. The van der Waals surface area contributed by atoms with Crippen molar-refractivity contribution >= 4 is 23.5 Å². The maximum Gasteiger partial charge on any atom is 0.226 e. The van der Waals surface area contributed by atoms with Crippen molar-refractivity contribution in [1.82, 2.24) is 20.3 Å². The van der Waals surface area contributed by atoms with Gasteiger partial charge in [0.25, 0.3) is 0 Å². The highest BCUT2D eigenvalue weighted by Crippen LogP contribution is 2.41. The van der Waals surface area contributed by atoms with Gasteiger partial charge in [-0.25, -0.2) is 5.43 Å². The van der Waals surface area contributed by atoms with E-state index in [2.05, 4.69) is 50.3 Å². The van der Waals surface area contributed by atoms with Gasteiger partial charge in [0.2, 0.25) is 11.9 Å². The normalized spacial score (nSPS) is 20.0. The number of benzene rings is 1. The zero-order chi connectivity index (χ0) is 19.6. The third-order valence-electron chi connectivity index (χ3n) is 5.90. The maximum absolute atomic E-state index is 11.7. The quantitative estimate of drug-likeness (QED) is 0.622. The zero-order valence-corrected chi connectivity index (χ0v) is 16.5. The fraction of sp³-hybridized carbons (Fsp3) is 0.476. The molecule has 8 nitrogen and oxygen atoms in total. The summed E-state index contributed by atoms with van der Waals surface area (Å²) in [6.07, 6.45) is 3.60. The van der Waals surface area contributed by atoms with Crippen LogP contribution in [0.25, 0.3) is 0 Å². The molecule has 1 atom stereocenters. The van der Waals surface area contributed by atoms with Crippen molar-refractivity contribution in [3.8, 4) is 0 Å². The topological polar surface area (TPSA) is 85.4 Å². The van der Waals surface area contributed by atoms with Crippen LogP contribution in [0.1, 0.15) is 42.9 Å². The molecule has 3 N–H and O–H groups in total. The Kier molecular flexibility index (Phi) is 4.93. The van der Waals surface area contributed by atoms with Crippen LogP contribution in [0.4, 0.5) is 17.6 Å². The number of rotatable bonds is 7. The lowest BCUT2D eigenvalue weighted by molar-refractivity contribution is -0.127. The molecule has 29 heavy (non-hydrogen) atoms. The van der Waals surface area contributed by atoms with Crippen LogP contribution in [0, 0.1) is 0 Å². The van der Waals surface area contributed by atoms with Crippen LogP contribution >= 0.6 is 0 Å². The van der Waals surface area contributed by atoms with Gasteiger partial charge in [0.05, 0.1) is 11.6 Å². The van der Waals surface area contributed by atoms with E-state index in [-0.39, 0.29) is 11.9 Å². The first-order chi connectivity index (χ1) is 14.3. The predicted octanol–water partition coefficient (Wildman–Crippen LogP) is 2.28. The third kappa shape index (κ3) is 3.72. The van der Waals surface area contributed by atoms with Crippen LogP contribution in [0.2, 0.25) is 0 Å². The van der Waals surface area contributed by atoms with E-state index in [0.717, 1.165) is 63.6 Å². The number of hydrogen-bond acceptors (Lipinski definition) is 7. The second-order valence-electron chi connectivity index (χ2n) is 7.92. The van der Waals surface area contributed by atoms with Crippen molar-refractivity contribution in [3.05, 3.63) is 41.5 Å². The highest BCUT2D eigenvalue weighted by molar-refractivity contribution is 5.78. The van der Waals surface area contributed by atoms with Crippen molar-refractivity contribution in [2.45, 2.75) is 38.3 Å². The van der Waals surface area contributed by atoms with E-state index < -0.39 is 0 Å². The fourth-order valence-corrected chi connectivity index (χ4v) is 4.40. The number of aromatic nitrogens is 2. The minimum absolute atomic E-state index is 0.266. The molecule has 1 amide bonds. The lowest BCUT2D eigenvalue weighted by Gasteiger charge is -2.32. The molecule has 0 saturated carbocycles. The molecule has 1 aromatic carbocycles. The smallest absolute Gasteiger partial charge is 0.226 e. The minimum Gasteiger partial charge on any atom is -0.354 e. The molecule has 3 aliphatic rings. The van der Waals surface area contributed by atoms with E-state index in [1.165, 1.54) is 11.1 Å². The van der Waals surface area contributed by atoms with Crippen molar-refractivity contribution in [2.24, 2.45) is 0 Å². The van der Waals surface area contributed by atoms with Crippen LogP contribution < -0.4 is 21.1 Å². The Hall–Kier alpha value is -2.87. The van der Waals surface area contributed by atoms with Gasteiger partial charge in [-0.3, -0.25) is 4.79 Å². The molecule has 0 radical (unpaired) electrons. The number of carbonyl (C=O) groups is 1. The molecular formula is C21H27N7O. The average Bonchev–Trinajstić information content (AvgIpc) is 3.35. The molecule has 152 valence electrons. The van der Waals surface area contributed by atoms with E-state index in [9.17, 15) is 4.79 Å². The highest BCUT2D eigenvalue weighted by Gasteiger charge is 2.34. The minimum atomic E-state index is 0.266. The summed E-state index contributed by atoms with van der Waals surface area (Å²) in [4.78, 5) is 25.6. The Balaban J connectivity index is 1.29. The molecule has 8 heteroatoms. The number of carbonyl (C=O) groups excluding carboxylic acids is 1. The van der Waals surface area contributed by atoms with Gasteiger partial charge in [-0.05, 0) is 24.8 Å². The summed E-state index contributed by atoms with van der Waals surface area (Å²) < 4.78 is 0. The van der Waals surface area contributed by atoms with Gasteiger partial charge >= 0.3 is 0 Å². The first-order valence-corrected chi connectivity index (χ1v) is 10.5. The summed E-state index contributed by atoms with van der Waals surface area (Å²) in [6, 6.07) is 10.8. The molecule has 1 unspecified atom stereocenters. The Morgan fingerprint density at radius 2 is 2.03 bits per heavy atom. The first kappa shape index (κ1) is 18.2. The van der Waals surface area contributed by atoms with Gasteiger partial charge in [0.15, 0.2) is 5.82 Å². The third-order valence-corrected chi connectivity index (χ3v) is 5.90. The summed E-state index contributed by atoms with van der Waals surface area (Å²) in [5.74, 6) is 2.79. The molecular weight excluding hydrogens is 366 g/mol. The van der Waals surface area contributed by atoms with Crippen LogP contribution in [-0.2, 0) is 11.3 Å². The number of hydrazine groups is 1. The van der Waals surface area contributed by atoms with Crippen LogP contribution in [-0.4, -0.2) is 47.0 Å². The number of anilines is 3. The Labute approximate surface area is 170 Å². The number of hydrogen-bond donors (Lipinski definition) is 3. The fourth-order valence-electron chi connectivity index (χ4n) is 4.40. The van der Waals surface area contributed by atoms with Crippen molar-refractivity contribution in [3.63, 3.8) is 0 Å². The van der Waals surface area contributed by atoms with Crippen LogP contribution in [0.15, 0.2) is 30.3 Å². The molecule has 5 rings (SSSR count). The summed E-state index contributed by atoms with van der Waals surface area (Å²) in [5.41, 5.74) is 9.01. The van der Waals surface area contributed by atoms with E-state index in [1.54, 1.807) is 0 Å². The molecule has 3 aliphatic heterocycles. The molecule has 4 heterocycles. The van der Waals surface area contributed by atoms with E-state index in [0.29, 0.717) is 12.4 Å². The van der Waals surface area contributed by atoms with Crippen molar-refractivity contribution in [1.29, 1.82) is 0 Å². The zero-order valence-electron chi connectivity index (χ0n) is 16.5. The van der Waals surface area contributed by atoms with Crippen LogP contribution in [0.3, 0.4) is 0 Å². The summed E-state index contributed by atoms with van der Waals surface area (Å²) in [6.45, 7) is 4.23. The van der Waals surface area contributed by atoms with Gasteiger partial charge in [0, 0.05) is 39.1 Å². The molecule has 1 saturated heterocycles. The monoisotopic (exact) mass is 393 g/mol. The van der Waals surface area contributed by atoms with Gasteiger partial charge in [-0.15, -0.1) is 0 Å². The Morgan fingerprint density at radius 1 is 1.14 bits per heavy atom. The standard InChI is InChI=1S/C21H27N7O/c29-17-8-4-11-27(17)12-5-10-22-21-23-19-18-16(25-26-19)9-13-28(20(18)24-21)14-15-6-2-1-3-7-15/h1-3,6-7,16,25H,4-5,8-14H2,(H2,22,23,24,26). The Morgan fingerprint density at radius 3 is 2.86 bits per heavy atom. The molecule has 1 aromatic heterocycles. The molecule has 1 fully saturated rings. The van der Waals surface area contributed by atoms with E-state index in [4.69, 9.17) is 4.98 Å². The summed E-state index contributed by atoms with van der Waals surface area (Å²) in [7, 11) is 0. The van der Waals surface area contributed by atoms with Gasteiger partial charge < -0.3 is 20.5 Å². The summed E-state index contributed by atoms with van der Waals surface area (Å²) in [5, 5.41) is 3.36. The molecule has 0 aliphatic carbocycles. The van der Waals surface area contributed by atoms with Crippen molar-refractivity contribution < 1.29 is 4.79 Å². The number of nitrogens with one attached hydrogen (secondary N) is 3. The van der Waals surface area contributed by atoms with E-state index in [1.807, 2.05) is 11.0 Å². The second kappa shape index (κ2) is 7.87. The van der Waals surface area contributed by atoms with Gasteiger partial charge in [-0.2, -0.15) is 9.97 Å².